The molecule has 2 atom stereocenters. The lowest BCUT2D eigenvalue weighted by Crippen LogP contribution is -2.59. The van der Waals surface area contributed by atoms with Crippen LogP contribution >= 0.6 is 0 Å². The molecule has 0 aliphatic carbocycles. The first kappa shape index (κ1) is 24.0. The molecule has 0 radical (unpaired) electrons. The Bertz CT molecular complexity index is 877. The molecule has 1 aromatic carbocycles. The highest BCUT2D eigenvalue weighted by molar-refractivity contribution is 7.89. The molecule has 0 unspecified atom stereocenters. The Morgan fingerprint density at radius 2 is 1.83 bits per heavy atom. The molecule has 2 rings (SSSR count). The summed E-state index contributed by atoms with van der Waals surface area (Å²) in [5, 5.41) is 0. The predicted octanol–water partition coefficient (Wildman–Crippen LogP) is 2.76. The van der Waals surface area contributed by atoms with Gasteiger partial charge in [0.2, 0.25) is 15.9 Å². The number of aryl methyl sites for hydroxylation is 2. The molecule has 0 saturated carbocycles. The van der Waals surface area contributed by atoms with Crippen molar-refractivity contribution in [3.8, 4) is 0 Å². The number of sulfonamides is 1. The van der Waals surface area contributed by atoms with Crippen molar-refractivity contribution in [2.24, 2.45) is 5.92 Å². The van der Waals surface area contributed by atoms with Crippen LogP contribution in [0.5, 0.6) is 0 Å². The van der Waals surface area contributed by atoms with Crippen LogP contribution in [0.25, 0.3) is 0 Å². The first-order valence-electron chi connectivity index (χ1n) is 10.2. The van der Waals surface area contributed by atoms with Crippen LogP contribution in [0, 0.1) is 19.8 Å². The lowest BCUT2D eigenvalue weighted by Gasteiger charge is -2.42. The van der Waals surface area contributed by atoms with Crippen LogP contribution in [0.15, 0.2) is 23.1 Å². The highest BCUT2D eigenvalue weighted by Gasteiger charge is 2.42. The maximum Gasteiger partial charge on any atom is 0.241 e. The fourth-order valence-corrected chi connectivity index (χ4v) is 6.86. The van der Waals surface area contributed by atoms with Gasteiger partial charge in [-0.3, -0.25) is 9.00 Å². The molecule has 1 amide bonds. The van der Waals surface area contributed by atoms with E-state index in [0.29, 0.717) is 18.8 Å². The highest BCUT2D eigenvalue weighted by atomic mass is 32.2. The van der Waals surface area contributed by atoms with Crippen LogP contribution in [-0.2, 0) is 25.6 Å². The number of hydrogen-bond acceptors (Lipinski definition) is 4. The van der Waals surface area contributed by atoms with Gasteiger partial charge in [-0.25, -0.2) is 8.42 Å². The van der Waals surface area contributed by atoms with Crippen LogP contribution in [0.4, 0.5) is 0 Å². The van der Waals surface area contributed by atoms with Gasteiger partial charge in [-0.2, -0.15) is 4.72 Å². The number of carbonyl (C=O) groups excluding carboxylic acids is 1. The summed E-state index contributed by atoms with van der Waals surface area (Å²) in [5.41, 5.74) is 1.90. The Balaban J connectivity index is 2.28. The van der Waals surface area contributed by atoms with Crippen LogP contribution in [0.3, 0.4) is 0 Å². The SMILES string of the molecule is CCC1(CC)CN(C(=O)[C@@H](NS(=O)(=O)c2ccc(C)c(C)c2)C(C)C)CC[S@]1=O. The molecule has 0 aromatic heterocycles. The van der Waals surface area contributed by atoms with E-state index in [9.17, 15) is 17.4 Å². The Kier molecular flexibility index (Phi) is 7.68. The summed E-state index contributed by atoms with van der Waals surface area (Å²) in [6.45, 7) is 12.2. The van der Waals surface area contributed by atoms with Crippen molar-refractivity contribution in [3.63, 3.8) is 0 Å². The second-order valence-corrected chi connectivity index (χ2v) is 12.0. The van der Waals surface area contributed by atoms with E-state index in [-0.39, 0.29) is 16.7 Å². The van der Waals surface area contributed by atoms with Gasteiger partial charge in [-0.1, -0.05) is 33.8 Å². The number of rotatable bonds is 7. The fraction of sp³-hybridized carbons (Fsp3) is 0.667. The van der Waals surface area contributed by atoms with E-state index >= 15 is 0 Å². The molecule has 8 heteroatoms. The molecule has 1 aliphatic rings. The summed E-state index contributed by atoms with van der Waals surface area (Å²) >= 11 is 0. The van der Waals surface area contributed by atoms with Crippen LogP contribution < -0.4 is 4.72 Å². The van der Waals surface area contributed by atoms with Gasteiger partial charge in [0.05, 0.1) is 9.64 Å². The zero-order chi connectivity index (χ0) is 22.0. The first-order chi connectivity index (χ1) is 13.5. The normalized spacial score (nSPS) is 20.7. The Labute approximate surface area is 178 Å². The molecule has 1 aliphatic heterocycles. The predicted molar refractivity (Wildman–Crippen MR) is 118 cm³/mol. The van der Waals surface area contributed by atoms with Crippen LogP contribution in [0.2, 0.25) is 0 Å². The zero-order valence-corrected chi connectivity index (χ0v) is 20.0. The third-order valence-corrected chi connectivity index (χ3v) is 9.78. The number of hydrogen-bond donors (Lipinski definition) is 1. The average molecular weight is 443 g/mol. The average Bonchev–Trinajstić information content (AvgIpc) is 2.68. The molecule has 0 spiro atoms. The van der Waals surface area contributed by atoms with E-state index in [1.165, 1.54) is 0 Å². The molecule has 164 valence electrons. The molecule has 6 nitrogen and oxygen atoms in total. The zero-order valence-electron chi connectivity index (χ0n) is 18.3. The summed E-state index contributed by atoms with van der Waals surface area (Å²) in [6, 6.07) is 4.10. The van der Waals surface area contributed by atoms with Crippen LogP contribution in [-0.4, -0.2) is 53.1 Å². The maximum atomic E-state index is 13.3. The Morgan fingerprint density at radius 3 is 2.34 bits per heavy atom. The van der Waals surface area contributed by atoms with Crippen molar-refractivity contribution in [1.82, 2.24) is 9.62 Å². The van der Waals surface area contributed by atoms with Gasteiger partial charge >= 0.3 is 0 Å². The number of amides is 1. The van der Waals surface area contributed by atoms with Crippen molar-refractivity contribution < 1.29 is 17.4 Å². The van der Waals surface area contributed by atoms with Crippen molar-refractivity contribution >= 4 is 26.7 Å². The molecule has 1 saturated heterocycles. The minimum Gasteiger partial charge on any atom is -0.339 e. The monoisotopic (exact) mass is 442 g/mol. The molecular formula is C21H34N2O4S2. The van der Waals surface area contributed by atoms with Gasteiger partial charge in [-0.15, -0.1) is 0 Å². The molecular weight excluding hydrogens is 408 g/mol. The summed E-state index contributed by atoms with van der Waals surface area (Å²) in [5.74, 6) is -0.0217. The van der Waals surface area contributed by atoms with Crippen LogP contribution in [0.1, 0.15) is 51.7 Å². The quantitative estimate of drug-likeness (QED) is 0.704. The van der Waals surface area contributed by atoms with Gasteiger partial charge in [0.25, 0.3) is 0 Å². The van der Waals surface area contributed by atoms with E-state index in [2.05, 4.69) is 4.72 Å². The van der Waals surface area contributed by atoms with Gasteiger partial charge < -0.3 is 4.90 Å². The van der Waals surface area contributed by atoms with Crippen molar-refractivity contribution in [1.29, 1.82) is 0 Å². The maximum absolute atomic E-state index is 13.3. The third-order valence-electron chi connectivity index (χ3n) is 6.11. The molecule has 1 aromatic rings. The van der Waals surface area contributed by atoms with Gasteiger partial charge in [-0.05, 0) is 55.9 Å². The lowest BCUT2D eigenvalue weighted by atomic mass is 9.99. The molecule has 1 heterocycles. The van der Waals surface area contributed by atoms with E-state index in [1.807, 2.05) is 41.5 Å². The van der Waals surface area contributed by atoms with E-state index in [4.69, 9.17) is 0 Å². The number of nitrogens with one attached hydrogen (secondary N) is 1. The summed E-state index contributed by atoms with van der Waals surface area (Å²) in [7, 11) is -4.82. The number of carbonyl (C=O) groups is 1. The van der Waals surface area contributed by atoms with E-state index < -0.39 is 31.6 Å². The fourth-order valence-electron chi connectivity index (χ4n) is 3.68. The van der Waals surface area contributed by atoms with E-state index in [1.54, 1.807) is 23.1 Å². The largest absolute Gasteiger partial charge is 0.339 e. The van der Waals surface area contributed by atoms with Crippen molar-refractivity contribution in [3.05, 3.63) is 29.3 Å². The first-order valence-corrected chi connectivity index (χ1v) is 13.0. The van der Waals surface area contributed by atoms with Crippen molar-refractivity contribution in [2.45, 2.75) is 70.1 Å². The third kappa shape index (κ3) is 5.09. The smallest absolute Gasteiger partial charge is 0.241 e. The molecule has 0 bridgehead atoms. The highest BCUT2D eigenvalue weighted by Crippen LogP contribution is 2.29. The minimum absolute atomic E-state index is 0.162. The minimum atomic E-state index is -3.84. The number of nitrogens with zero attached hydrogens (tertiary/aromatic N) is 1. The Morgan fingerprint density at radius 1 is 1.21 bits per heavy atom. The van der Waals surface area contributed by atoms with Crippen molar-refractivity contribution in [2.75, 3.05) is 18.8 Å². The Hall–Kier alpha value is -1.25. The standard InChI is InChI=1S/C21H34N2O4S2/c1-7-21(8-2)14-23(11-12-28(21)25)20(24)19(15(3)4)22-29(26,27)18-10-9-16(5)17(6)13-18/h9-10,13,15,19,22H,7-8,11-12,14H2,1-6H3/t19-,28+/m0/s1. The lowest BCUT2D eigenvalue weighted by molar-refractivity contribution is -0.134. The van der Waals surface area contributed by atoms with Gasteiger partial charge in [0.1, 0.15) is 6.04 Å². The van der Waals surface area contributed by atoms with Gasteiger partial charge in [0.15, 0.2) is 0 Å². The number of benzene rings is 1. The molecule has 1 fully saturated rings. The second-order valence-electron chi connectivity index (χ2n) is 8.29. The molecule has 1 N–H and O–H groups in total. The second kappa shape index (κ2) is 9.27. The topological polar surface area (TPSA) is 83.6 Å². The summed E-state index contributed by atoms with van der Waals surface area (Å²) < 4.78 is 40.7. The van der Waals surface area contributed by atoms with E-state index in [0.717, 1.165) is 24.0 Å². The summed E-state index contributed by atoms with van der Waals surface area (Å²) in [6.07, 6.45) is 1.45. The van der Waals surface area contributed by atoms with Gasteiger partial charge in [0, 0.05) is 29.6 Å². The summed E-state index contributed by atoms with van der Waals surface area (Å²) in [4.78, 5) is 15.2. The molecule has 29 heavy (non-hydrogen) atoms.